The van der Waals surface area contributed by atoms with Crippen LogP contribution >= 0.6 is 11.3 Å². The summed E-state index contributed by atoms with van der Waals surface area (Å²) in [4.78, 5) is 10.8. The summed E-state index contributed by atoms with van der Waals surface area (Å²) in [6.45, 7) is 0.645. The van der Waals surface area contributed by atoms with Crippen molar-refractivity contribution in [3.05, 3.63) is 106 Å². The molecule has 1 aromatic heterocycles. The molecule has 1 aliphatic heterocycles. The van der Waals surface area contributed by atoms with Gasteiger partial charge in [-0.2, -0.15) is 0 Å². The summed E-state index contributed by atoms with van der Waals surface area (Å²) < 4.78 is 1.90. The molecule has 5 heteroatoms. The number of rotatable bonds is 5. The Hall–Kier alpha value is -3.70. The number of aliphatic imine (C=N–C) groups is 1. The van der Waals surface area contributed by atoms with E-state index in [0.29, 0.717) is 6.54 Å². The molecule has 1 aliphatic rings. The van der Waals surface area contributed by atoms with E-state index >= 15 is 0 Å². The number of allylic oxidation sites excluding steroid dienone is 1. The lowest BCUT2D eigenvalue weighted by molar-refractivity contribution is 0.411. The van der Waals surface area contributed by atoms with E-state index < -0.39 is 0 Å². The Balaban J connectivity index is 1.56. The van der Waals surface area contributed by atoms with Gasteiger partial charge in [0.25, 0.3) is 0 Å². The van der Waals surface area contributed by atoms with Crippen molar-refractivity contribution in [2.24, 2.45) is 9.98 Å². The highest BCUT2D eigenvalue weighted by Crippen LogP contribution is 2.34. The van der Waals surface area contributed by atoms with Gasteiger partial charge < -0.3 is 5.11 Å². The minimum atomic E-state index is 0.237. The van der Waals surface area contributed by atoms with Gasteiger partial charge in [0.05, 0.1) is 16.3 Å². The normalized spacial score (nSPS) is 14.3. The van der Waals surface area contributed by atoms with Gasteiger partial charge in [-0.25, -0.2) is 4.99 Å². The summed E-state index contributed by atoms with van der Waals surface area (Å²) >= 11 is 1.49. The second kappa shape index (κ2) is 8.58. The zero-order valence-corrected chi connectivity index (χ0v) is 17.7. The van der Waals surface area contributed by atoms with Crippen molar-refractivity contribution in [2.75, 3.05) is 0 Å². The minimum Gasteiger partial charge on any atom is -0.493 e. The Morgan fingerprint density at radius 2 is 1.61 bits per heavy atom. The molecular weight excluding hydrogens is 402 g/mol. The molecular formula is C26H21N3OS. The molecule has 0 saturated heterocycles. The third-order valence-corrected chi connectivity index (χ3v) is 6.22. The predicted molar refractivity (Wildman–Crippen MR) is 128 cm³/mol. The molecule has 4 aromatic rings. The molecule has 0 atom stereocenters. The van der Waals surface area contributed by atoms with Gasteiger partial charge in [-0.15, -0.1) is 0 Å². The highest BCUT2D eigenvalue weighted by Gasteiger charge is 2.16. The van der Waals surface area contributed by atoms with Gasteiger partial charge in [0.15, 0.2) is 4.80 Å². The van der Waals surface area contributed by atoms with Crippen molar-refractivity contribution >= 4 is 40.6 Å². The molecule has 4 nitrogen and oxygen atoms in total. The lowest BCUT2D eigenvalue weighted by Crippen LogP contribution is -2.15. The summed E-state index contributed by atoms with van der Waals surface area (Å²) in [6.07, 6.45) is 4.66. The maximum Gasteiger partial charge on any atom is 0.211 e. The average Bonchev–Trinajstić information content (AvgIpc) is 3.35. The molecule has 5 rings (SSSR count). The molecule has 0 amide bonds. The first-order chi connectivity index (χ1) is 15.3. The largest absolute Gasteiger partial charge is 0.493 e. The predicted octanol–water partition coefficient (Wildman–Crippen LogP) is 5.99. The topological polar surface area (TPSA) is 49.9 Å². The number of aromatic nitrogens is 1. The van der Waals surface area contributed by atoms with E-state index in [1.54, 1.807) is 0 Å². The lowest BCUT2D eigenvalue weighted by Gasteiger charge is -2.06. The number of nitrogens with zero attached hydrogens (tertiary/aromatic N) is 3. The molecule has 152 valence electrons. The monoisotopic (exact) mass is 423 g/mol. The van der Waals surface area contributed by atoms with Crippen LogP contribution in [0.5, 0.6) is 5.88 Å². The Morgan fingerprint density at radius 1 is 0.903 bits per heavy atom. The molecule has 1 N–H and O–H groups in total. The summed E-state index contributed by atoms with van der Waals surface area (Å²) in [5.41, 5.74) is 5.12. The fourth-order valence-electron chi connectivity index (χ4n) is 3.60. The molecule has 3 aromatic carbocycles. The van der Waals surface area contributed by atoms with Gasteiger partial charge in [0.1, 0.15) is 0 Å². The standard InChI is InChI=1S/C26H21N3OS/c30-25-24(17-20-18-27-23-14-8-7-13-22(20)23)31-26(28-21-11-5-2-6-12-21)29(25)16-15-19-9-3-1-4-10-19/h1-14,17-18,30H,15-16H2. The number of fused-ring (bicyclic) bond motifs is 1. The van der Waals surface area contributed by atoms with E-state index in [4.69, 9.17) is 4.99 Å². The fraction of sp³-hybridized carbons (Fsp3) is 0.0769. The van der Waals surface area contributed by atoms with Crippen LogP contribution in [0.4, 0.5) is 11.4 Å². The Labute approximate surface area is 184 Å². The molecule has 0 unspecified atom stereocenters. The van der Waals surface area contributed by atoms with Crippen molar-refractivity contribution in [3.63, 3.8) is 0 Å². The van der Waals surface area contributed by atoms with Crippen LogP contribution in [0.25, 0.3) is 11.6 Å². The highest BCUT2D eigenvalue weighted by atomic mass is 32.1. The Bertz CT molecular complexity index is 1330. The van der Waals surface area contributed by atoms with Crippen molar-refractivity contribution in [2.45, 2.75) is 13.0 Å². The van der Waals surface area contributed by atoms with Gasteiger partial charge in [-0.05, 0) is 36.3 Å². The van der Waals surface area contributed by atoms with Crippen LogP contribution in [-0.4, -0.2) is 15.9 Å². The van der Waals surface area contributed by atoms with E-state index in [0.717, 1.165) is 38.6 Å². The van der Waals surface area contributed by atoms with Crippen molar-refractivity contribution in [3.8, 4) is 5.88 Å². The van der Waals surface area contributed by atoms with Crippen LogP contribution in [0.3, 0.4) is 0 Å². The smallest absolute Gasteiger partial charge is 0.211 e. The third kappa shape index (κ3) is 4.13. The third-order valence-electron chi connectivity index (χ3n) is 5.20. The van der Waals surface area contributed by atoms with E-state index in [1.807, 2.05) is 83.6 Å². The van der Waals surface area contributed by atoms with E-state index in [1.165, 1.54) is 16.9 Å². The van der Waals surface area contributed by atoms with Gasteiger partial charge in [-0.3, -0.25) is 9.56 Å². The molecule has 0 spiro atoms. The SMILES string of the molecule is Oc1c(C=C2C=Nc3ccccc32)sc(=Nc2ccccc2)n1CCc1ccccc1. The lowest BCUT2D eigenvalue weighted by atomic mass is 10.1. The first-order valence-corrected chi connectivity index (χ1v) is 11.0. The van der Waals surface area contributed by atoms with Gasteiger partial charge >= 0.3 is 0 Å². The number of aryl methyl sites for hydroxylation is 1. The Morgan fingerprint density at radius 3 is 2.42 bits per heavy atom. The maximum absolute atomic E-state index is 11.1. The first kappa shape index (κ1) is 19.3. The average molecular weight is 424 g/mol. The van der Waals surface area contributed by atoms with Crippen LogP contribution in [-0.2, 0) is 13.0 Å². The number of aromatic hydroxyl groups is 1. The fourth-order valence-corrected chi connectivity index (χ4v) is 4.62. The maximum atomic E-state index is 11.1. The quantitative estimate of drug-likeness (QED) is 0.421. The number of hydrogen-bond donors (Lipinski definition) is 1. The van der Waals surface area contributed by atoms with Gasteiger partial charge in [0.2, 0.25) is 5.88 Å². The van der Waals surface area contributed by atoms with E-state index in [2.05, 4.69) is 23.2 Å². The summed E-state index contributed by atoms with van der Waals surface area (Å²) in [5.74, 6) is 0.237. The number of hydrogen-bond acceptors (Lipinski definition) is 4. The number of benzene rings is 3. The molecule has 0 aliphatic carbocycles. The van der Waals surface area contributed by atoms with Crippen LogP contribution in [0.1, 0.15) is 16.0 Å². The number of para-hydroxylation sites is 2. The second-order valence-corrected chi connectivity index (χ2v) is 8.29. The summed E-state index contributed by atoms with van der Waals surface area (Å²) in [7, 11) is 0. The second-order valence-electron chi connectivity index (χ2n) is 7.28. The molecule has 0 fully saturated rings. The molecule has 31 heavy (non-hydrogen) atoms. The molecule has 2 heterocycles. The number of thiazole rings is 1. The highest BCUT2D eigenvalue weighted by molar-refractivity contribution is 7.10. The summed E-state index contributed by atoms with van der Waals surface area (Å²) in [6, 6.07) is 28.2. The van der Waals surface area contributed by atoms with Crippen molar-refractivity contribution < 1.29 is 5.11 Å². The molecule has 0 saturated carbocycles. The van der Waals surface area contributed by atoms with Crippen LogP contribution in [0.2, 0.25) is 0 Å². The minimum absolute atomic E-state index is 0.237. The van der Waals surface area contributed by atoms with Crippen LogP contribution < -0.4 is 4.80 Å². The zero-order valence-electron chi connectivity index (χ0n) is 16.8. The Kier molecular flexibility index (Phi) is 5.33. The van der Waals surface area contributed by atoms with Crippen LogP contribution in [0.15, 0.2) is 94.9 Å². The molecule has 0 bridgehead atoms. The van der Waals surface area contributed by atoms with Crippen molar-refractivity contribution in [1.82, 2.24) is 4.57 Å². The zero-order chi connectivity index (χ0) is 21.0. The molecule has 0 radical (unpaired) electrons. The van der Waals surface area contributed by atoms with Crippen LogP contribution in [0, 0.1) is 0 Å². The van der Waals surface area contributed by atoms with Gasteiger partial charge in [0, 0.05) is 23.9 Å². The van der Waals surface area contributed by atoms with E-state index in [9.17, 15) is 5.11 Å². The first-order valence-electron chi connectivity index (χ1n) is 10.2. The van der Waals surface area contributed by atoms with E-state index in [-0.39, 0.29) is 5.88 Å². The van der Waals surface area contributed by atoms with Gasteiger partial charge in [-0.1, -0.05) is 78.1 Å². The summed E-state index contributed by atoms with van der Waals surface area (Å²) in [5, 5.41) is 11.1. The van der Waals surface area contributed by atoms with Crippen molar-refractivity contribution in [1.29, 1.82) is 0 Å².